The highest BCUT2D eigenvalue weighted by Crippen LogP contribution is 2.11. The van der Waals surface area contributed by atoms with Crippen molar-refractivity contribution in [3.8, 4) is 0 Å². The van der Waals surface area contributed by atoms with Gasteiger partial charge in [0, 0.05) is 22.2 Å². The van der Waals surface area contributed by atoms with Crippen LogP contribution in [-0.4, -0.2) is 23.9 Å². The number of carbonyl (C=O) groups excluding carboxylic acids is 1. The van der Waals surface area contributed by atoms with Gasteiger partial charge in [0.05, 0.1) is 0 Å². The molecule has 1 rings (SSSR count). The molecule has 1 saturated heterocycles. The predicted molar refractivity (Wildman–Crippen MR) is 59.2 cm³/mol. The lowest BCUT2D eigenvalue weighted by Gasteiger charge is -2.14. The van der Waals surface area contributed by atoms with Crippen LogP contribution in [-0.2, 0) is 4.79 Å². The van der Waals surface area contributed by atoms with Gasteiger partial charge in [-0.1, -0.05) is 32.6 Å². The summed E-state index contributed by atoms with van der Waals surface area (Å²) in [6, 6.07) is 0. The van der Waals surface area contributed by atoms with Crippen LogP contribution < -0.4 is 0 Å². The van der Waals surface area contributed by atoms with Crippen LogP contribution in [0.4, 0.5) is 0 Å². The van der Waals surface area contributed by atoms with E-state index in [4.69, 9.17) is 2.74 Å². The van der Waals surface area contributed by atoms with E-state index in [1.165, 1.54) is 0 Å². The number of unbranched alkanes of at least 4 members (excludes halogenated alkanes) is 2. The zero-order valence-corrected chi connectivity index (χ0v) is 9.17. The van der Waals surface area contributed by atoms with E-state index >= 15 is 0 Å². The smallest absolute Gasteiger partial charge is 0.222 e. The van der Waals surface area contributed by atoms with Crippen molar-refractivity contribution in [2.45, 2.75) is 58.2 Å². The molecule has 1 fully saturated rings. The molecule has 1 aliphatic heterocycles. The molecule has 82 valence electrons. The summed E-state index contributed by atoms with van der Waals surface area (Å²) >= 11 is 0. The Bertz CT molecular complexity index is 217. The lowest BCUT2D eigenvalue weighted by Crippen LogP contribution is -2.27. The molecule has 0 radical (unpaired) electrons. The Morgan fingerprint density at radius 1 is 1.29 bits per heavy atom. The van der Waals surface area contributed by atoms with Crippen LogP contribution in [0.15, 0.2) is 0 Å². The lowest BCUT2D eigenvalue weighted by molar-refractivity contribution is -0.130. The second-order valence-electron chi connectivity index (χ2n) is 3.93. The highest BCUT2D eigenvalue weighted by molar-refractivity contribution is 5.76. The largest absolute Gasteiger partial charge is 0.343 e. The quantitative estimate of drug-likeness (QED) is 0.602. The first-order valence-electron chi connectivity index (χ1n) is 6.95. The molecular formula is C12H23NO. The molecule has 0 aliphatic carbocycles. The summed E-state index contributed by atoms with van der Waals surface area (Å²) in [7, 11) is 0. The van der Waals surface area contributed by atoms with Crippen molar-refractivity contribution in [1.82, 2.24) is 4.90 Å². The van der Waals surface area contributed by atoms with Crippen LogP contribution in [0.1, 0.15) is 61.0 Å². The van der Waals surface area contributed by atoms with Crippen molar-refractivity contribution in [2.24, 2.45) is 0 Å². The Morgan fingerprint density at radius 3 is 2.64 bits per heavy atom. The molecule has 0 spiro atoms. The van der Waals surface area contributed by atoms with Gasteiger partial charge in [-0.05, 0) is 19.2 Å². The third kappa shape index (κ3) is 4.12. The van der Waals surface area contributed by atoms with Gasteiger partial charge >= 0.3 is 0 Å². The topological polar surface area (TPSA) is 20.3 Å². The molecule has 0 aromatic heterocycles. The number of hydrogen-bond donors (Lipinski definition) is 0. The average molecular weight is 199 g/mol. The van der Waals surface area contributed by atoms with Crippen LogP contribution in [0.25, 0.3) is 0 Å². The van der Waals surface area contributed by atoms with Crippen LogP contribution in [0.2, 0.25) is 0 Å². The van der Waals surface area contributed by atoms with E-state index in [-0.39, 0.29) is 5.91 Å². The van der Waals surface area contributed by atoms with Crippen molar-refractivity contribution in [3.05, 3.63) is 0 Å². The first-order chi connectivity index (χ1) is 7.66. The summed E-state index contributed by atoms with van der Waals surface area (Å²) in [6.45, 7) is 3.69. The van der Waals surface area contributed by atoms with Gasteiger partial charge < -0.3 is 4.90 Å². The highest BCUT2D eigenvalue weighted by atomic mass is 16.2. The molecular weight excluding hydrogens is 174 g/mol. The SMILES string of the molecule is [2H]C(CCCCC)C([2H])C(=O)N1CCCC1. The first kappa shape index (κ1) is 8.75. The van der Waals surface area contributed by atoms with Crippen molar-refractivity contribution in [2.75, 3.05) is 13.1 Å². The fraction of sp³-hybridized carbons (Fsp3) is 0.917. The molecule has 2 nitrogen and oxygen atoms in total. The predicted octanol–water partition coefficient (Wildman–Crippen LogP) is 2.97. The van der Waals surface area contributed by atoms with E-state index in [9.17, 15) is 4.79 Å². The van der Waals surface area contributed by atoms with Crippen molar-refractivity contribution in [3.63, 3.8) is 0 Å². The molecule has 1 heterocycles. The normalized spacial score (nSPS) is 22.8. The third-order valence-corrected chi connectivity index (χ3v) is 2.65. The zero-order chi connectivity index (χ0) is 12.0. The molecule has 14 heavy (non-hydrogen) atoms. The summed E-state index contributed by atoms with van der Waals surface area (Å²) in [5, 5.41) is 0. The molecule has 2 heteroatoms. The highest BCUT2D eigenvalue weighted by Gasteiger charge is 2.16. The molecule has 0 N–H and O–H groups in total. The van der Waals surface area contributed by atoms with Gasteiger partial charge in [-0.3, -0.25) is 4.79 Å². The minimum atomic E-state index is -0.866. The van der Waals surface area contributed by atoms with Gasteiger partial charge in [0.25, 0.3) is 0 Å². The summed E-state index contributed by atoms with van der Waals surface area (Å²) < 4.78 is 15.6. The maximum Gasteiger partial charge on any atom is 0.222 e. The first-order valence-corrected chi connectivity index (χ1v) is 5.80. The second kappa shape index (κ2) is 6.86. The number of amides is 1. The molecule has 0 bridgehead atoms. The maximum atomic E-state index is 11.8. The minimum Gasteiger partial charge on any atom is -0.343 e. The summed E-state index contributed by atoms with van der Waals surface area (Å²) in [5.41, 5.74) is 0. The molecule has 1 amide bonds. The summed E-state index contributed by atoms with van der Waals surface area (Å²) in [5.74, 6) is -0.131. The van der Waals surface area contributed by atoms with Crippen molar-refractivity contribution in [1.29, 1.82) is 0 Å². The lowest BCUT2D eigenvalue weighted by atomic mass is 10.1. The van der Waals surface area contributed by atoms with Crippen LogP contribution in [0.5, 0.6) is 0 Å². The number of hydrogen-bond acceptors (Lipinski definition) is 1. The van der Waals surface area contributed by atoms with E-state index in [0.717, 1.165) is 45.2 Å². The molecule has 1 aliphatic rings. The Labute approximate surface area is 90.5 Å². The number of nitrogens with zero attached hydrogens (tertiary/aromatic N) is 1. The third-order valence-electron chi connectivity index (χ3n) is 2.65. The van der Waals surface area contributed by atoms with E-state index in [1.54, 1.807) is 4.90 Å². The minimum absolute atomic E-state index is 0.131. The standard InChI is InChI=1S/C12H23NO/c1-2-3-4-5-6-9-12(14)13-10-7-8-11-13/h2-11H2,1H3/i6D,9D. The molecule has 0 saturated carbocycles. The Balaban J connectivity index is 2.30. The van der Waals surface area contributed by atoms with Crippen molar-refractivity contribution >= 4 is 5.91 Å². The van der Waals surface area contributed by atoms with Gasteiger partial charge in [-0.25, -0.2) is 0 Å². The number of rotatable bonds is 6. The number of carbonyl (C=O) groups is 1. The molecule has 2 unspecified atom stereocenters. The Kier molecular flexibility index (Phi) is 4.29. The van der Waals surface area contributed by atoms with Crippen LogP contribution in [0.3, 0.4) is 0 Å². The Morgan fingerprint density at radius 2 is 2.00 bits per heavy atom. The second-order valence-corrected chi connectivity index (χ2v) is 3.93. The van der Waals surface area contributed by atoms with Crippen molar-refractivity contribution < 1.29 is 7.54 Å². The van der Waals surface area contributed by atoms with E-state index < -0.39 is 12.8 Å². The summed E-state index contributed by atoms with van der Waals surface area (Å²) in [4.78, 5) is 13.6. The van der Waals surface area contributed by atoms with Gasteiger partial charge in [-0.15, -0.1) is 0 Å². The zero-order valence-electron chi connectivity index (χ0n) is 11.2. The maximum absolute atomic E-state index is 11.8. The van der Waals surface area contributed by atoms with Gasteiger partial charge in [0.1, 0.15) is 0 Å². The number of likely N-dealkylation sites (tertiary alicyclic amines) is 1. The van der Waals surface area contributed by atoms with Gasteiger partial charge in [0.2, 0.25) is 5.91 Å². The molecule has 2 atom stereocenters. The average Bonchev–Trinajstić information content (AvgIpc) is 2.80. The monoisotopic (exact) mass is 199 g/mol. The van der Waals surface area contributed by atoms with Crippen LogP contribution >= 0.6 is 0 Å². The molecule has 0 aromatic rings. The van der Waals surface area contributed by atoms with E-state index in [1.807, 2.05) is 0 Å². The summed E-state index contributed by atoms with van der Waals surface area (Å²) in [6.07, 6.45) is 4.56. The Hall–Kier alpha value is -0.530. The van der Waals surface area contributed by atoms with E-state index in [0.29, 0.717) is 6.42 Å². The molecule has 0 aromatic carbocycles. The fourth-order valence-corrected chi connectivity index (χ4v) is 1.74. The fourth-order valence-electron chi connectivity index (χ4n) is 1.74. The van der Waals surface area contributed by atoms with E-state index in [2.05, 4.69) is 6.92 Å². The van der Waals surface area contributed by atoms with Crippen LogP contribution in [0, 0.1) is 0 Å². The van der Waals surface area contributed by atoms with Gasteiger partial charge in [-0.2, -0.15) is 0 Å². The van der Waals surface area contributed by atoms with Gasteiger partial charge in [0.15, 0.2) is 0 Å².